The van der Waals surface area contributed by atoms with Crippen molar-refractivity contribution in [3.63, 3.8) is 0 Å². The first-order valence-electron chi connectivity index (χ1n) is 15.3. The summed E-state index contributed by atoms with van der Waals surface area (Å²) in [5.74, 6) is 1.86. The van der Waals surface area contributed by atoms with E-state index >= 15 is 0 Å². The zero-order chi connectivity index (χ0) is 30.8. The van der Waals surface area contributed by atoms with Crippen LogP contribution in [0.4, 0.5) is 5.69 Å². The van der Waals surface area contributed by atoms with Gasteiger partial charge in [-0.3, -0.25) is 4.98 Å². The summed E-state index contributed by atoms with van der Waals surface area (Å²) in [7, 11) is 2.10. The number of rotatable bonds is 6. The molecular weight excluding hydrogens is 733 g/mol. The third kappa shape index (κ3) is 6.20. The van der Waals surface area contributed by atoms with Gasteiger partial charge in [0.25, 0.3) is 0 Å². The molecule has 0 fully saturated rings. The molecule has 0 N–H and O–H groups in total. The topological polar surface area (TPSA) is 41.6 Å². The Labute approximate surface area is 280 Å². The Bertz CT molecular complexity index is 1890. The Kier molecular flexibility index (Phi) is 9.91. The third-order valence-electron chi connectivity index (χ3n) is 8.19. The molecule has 0 atom stereocenters. The maximum Gasteiger partial charge on any atom is 3.00 e. The molecule has 1 aliphatic rings. The molecule has 0 radical (unpaired) electrons. The van der Waals surface area contributed by atoms with E-state index in [9.17, 15) is 0 Å². The van der Waals surface area contributed by atoms with E-state index in [1.165, 1.54) is 33.1 Å². The molecule has 0 bridgehead atoms. The predicted molar refractivity (Wildman–Crippen MR) is 183 cm³/mol. The van der Waals surface area contributed by atoms with E-state index < -0.39 is 0 Å². The van der Waals surface area contributed by atoms with Crippen molar-refractivity contribution < 1.29 is 20.1 Å². The van der Waals surface area contributed by atoms with Gasteiger partial charge < -0.3 is 19.0 Å². The fourth-order valence-corrected chi connectivity index (χ4v) is 5.93. The molecule has 7 heteroatoms. The number of nitrogens with zero attached hydrogens (tertiary/aromatic N) is 6. The van der Waals surface area contributed by atoms with E-state index in [1.54, 1.807) is 0 Å². The molecule has 0 saturated heterocycles. The molecule has 0 unspecified atom stereocenters. The second kappa shape index (κ2) is 13.8. The van der Waals surface area contributed by atoms with Crippen molar-refractivity contribution in [3.05, 3.63) is 121 Å². The molecular formula is C38H39IrN6. The summed E-state index contributed by atoms with van der Waals surface area (Å²) in [6.07, 6.45) is 5.77. The van der Waals surface area contributed by atoms with Crippen molar-refractivity contribution in [2.75, 3.05) is 11.6 Å². The quantitative estimate of drug-likeness (QED) is 0.159. The number of imidazole rings is 1. The van der Waals surface area contributed by atoms with Gasteiger partial charge in [-0.25, -0.2) is 0 Å². The Morgan fingerprint density at radius 2 is 1.56 bits per heavy atom. The van der Waals surface area contributed by atoms with Gasteiger partial charge in [0.2, 0.25) is 0 Å². The number of benzene rings is 4. The number of hydrogen-bond donors (Lipinski definition) is 0. The molecule has 0 spiro atoms. The van der Waals surface area contributed by atoms with Crippen molar-refractivity contribution in [1.82, 2.24) is 19.0 Å². The van der Waals surface area contributed by atoms with Crippen LogP contribution in [-0.2, 0) is 27.2 Å². The largest absolute Gasteiger partial charge is 3.00 e. The molecule has 1 aliphatic heterocycles. The molecule has 4 aromatic carbocycles. The second-order valence-corrected chi connectivity index (χ2v) is 11.7. The summed E-state index contributed by atoms with van der Waals surface area (Å²) in [6.45, 7) is 14.0. The van der Waals surface area contributed by atoms with E-state index in [1.807, 2.05) is 48.5 Å². The minimum Gasteiger partial charge on any atom is -0.491 e. The monoisotopic (exact) mass is 772 g/mol. The maximum atomic E-state index is 4.60. The van der Waals surface area contributed by atoms with Crippen LogP contribution in [-0.4, -0.2) is 31.9 Å². The van der Waals surface area contributed by atoms with Crippen molar-refractivity contribution in [2.24, 2.45) is 12.1 Å². The summed E-state index contributed by atoms with van der Waals surface area (Å²) in [6, 6.07) is 33.8. The minimum atomic E-state index is 0. The van der Waals surface area contributed by atoms with Crippen LogP contribution < -0.4 is 5.01 Å². The first-order valence-corrected chi connectivity index (χ1v) is 15.3. The summed E-state index contributed by atoms with van der Waals surface area (Å²) >= 11 is 0. The first kappa shape index (κ1) is 32.2. The summed E-state index contributed by atoms with van der Waals surface area (Å²) < 4.78 is 4.44. The SMILES string of the molecule is CC(C)c1cccc(C(C)C)c1-n1ccnc1-c1[c-]cccc1.CCN1C=NN(c2[c-]ccc3c4ccccc4n(C)c23)[CH-]1.[Ir+3]. The Hall–Kier alpha value is -4.19. The van der Waals surface area contributed by atoms with Gasteiger partial charge in [-0.15, -0.1) is 48.0 Å². The van der Waals surface area contributed by atoms with Crippen LogP contribution >= 0.6 is 0 Å². The van der Waals surface area contributed by atoms with E-state index in [-0.39, 0.29) is 20.1 Å². The van der Waals surface area contributed by atoms with Gasteiger partial charge in [0.1, 0.15) is 0 Å². The van der Waals surface area contributed by atoms with E-state index in [2.05, 4.69) is 139 Å². The maximum absolute atomic E-state index is 4.60. The molecule has 2 aromatic heterocycles. The summed E-state index contributed by atoms with van der Waals surface area (Å²) in [4.78, 5) is 6.65. The number of hydrazone groups is 1. The molecule has 0 aliphatic carbocycles. The third-order valence-corrected chi connectivity index (χ3v) is 8.19. The van der Waals surface area contributed by atoms with Gasteiger partial charge in [0.05, 0.1) is 12.2 Å². The Balaban J connectivity index is 0.000000174. The first-order chi connectivity index (χ1) is 21.4. The standard InChI is InChI=1S/C21H23N2.C17H16N4.Ir/c1-15(2)18-11-8-12-19(16(3)4)20(18)23-14-13-22-21(23)17-9-6-5-7-10-17;1-3-20-11-18-21(12-20)16-10-6-8-14-13-7-4-5-9-15(13)19(2)17(14)16;/h5-9,11-16H,1-4H3;4-9,11-12H,3H2,1-2H3;/q-1;-2;+3. The fourth-order valence-electron chi connectivity index (χ4n) is 5.93. The fraction of sp³-hybridized carbons (Fsp3) is 0.237. The summed E-state index contributed by atoms with van der Waals surface area (Å²) in [5.41, 5.74) is 8.36. The summed E-state index contributed by atoms with van der Waals surface area (Å²) in [5, 5.41) is 8.85. The molecule has 6 aromatic rings. The van der Waals surface area contributed by atoms with Crippen LogP contribution in [0.25, 0.3) is 38.9 Å². The predicted octanol–water partition coefficient (Wildman–Crippen LogP) is 8.92. The van der Waals surface area contributed by atoms with Crippen LogP contribution in [0.2, 0.25) is 0 Å². The number of anilines is 1. The molecule has 3 heterocycles. The van der Waals surface area contributed by atoms with Gasteiger partial charge >= 0.3 is 20.1 Å². The van der Waals surface area contributed by atoms with Gasteiger partial charge in [-0.1, -0.05) is 69.8 Å². The van der Waals surface area contributed by atoms with Crippen LogP contribution in [0.15, 0.2) is 96.4 Å². The molecule has 230 valence electrons. The van der Waals surface area contributed by atoms with Crippen molar-refractivity contribution in [1.29, 1.82) is 0 Å². The van der Waals surface area contributed by atoms with Gasteiger partial charge in [-0.05, 0) is 60.4 Å². The Morgan fingerprint density at radius 3 is 2.22 bits per heavy atom. The van der Waals surface area contributed by atoms with Crippen LogP contribution in [0.1, 0.15) is 57.6 Å². The Morgan fingerprint density at radius 1 is 0.822 bits per heavy atom. The number of fused-ring (bicyclic) bond motifs is 3. The number of para-hydroxylation sites is 2. The van der Waals surface area contributed by atoms with Gasteiger partial charge in [0.15, 0.2) is 0 Å². The molecule has 6 nitrogen and oxygen atoms in total. The zero-order valence-corrected chi connectivity index (χ0v) is 29.1. The zero-order valence-electron chi connectivity index (χ0n) is 26.7. The normalized spacial score (nSPS) is 12.7. The molecule has 0 amide bonds. The number of hydrogen-bond acceptors (Lipinski definition) is 4. The van der Waals surface area contributed by atoms with Gasteiger partial charge in [0, 0.05) is 23.6 Å². The van der Waals surface area contributed by atoms with Gasteiger partial charge in [-0.2, -0.15) is 23.3 Å². The minimum absolute atomic E-state index is 0. The molecule has 0 saturated carbocycles. The number of aromatic nitrogens is 3. The van der Waals surface area contributed by atoms with Crippen LogP contribution in [0.3, 0.4) is 0 Å². The average molecular weight is 772 g/mol. The second-order valence-electron chi connectivity index (χ2n) is 11.7. The van der Waals surface area contributed by atoms with Crippen molar-refractivity contribution in [3.8, 4) is 17.1 Å². The van der Waals surface area contributed by atoms with E-state index in [0.29, 0.717) is 11.8 Å². The van der Waals surface area contributed by atoms with E-state index in [4.69, 9.17) is 0 Å². The van der Waals surface area contributed by atoms with Crippen molar-refractivity contribution in [2.45, 2.75) is 46.5 Å². The van der Waals surface area contributed by atoms with Crippen LogP contribution in [0, 0.1) is 18.8 Å². The van der Waals surface area contributed by atoms with Crippen molar-refractivity contribution >= 4 is 33.8 Å². The number of aryl methyl sites for hydroxylation is 1. The average Bonchev–Trinajstić information content (AvgIpc) is 3.80. The molecule has 45 heavy (non-hydrogen) atoms. The van der Waals surface area contributed by atoms with E-state index in [0.717, 1.165) is 29.1 Å². The smallest absolute Gasteiger partial charge is 0.491 e. The van der Waals surface area contributed by atoms with Crippen LogP contribution in [0.5, 0.6) is 0 Å². The molecule has 7 rings (SSSR count).